The van der Waals surface area contributed by atoms with Gasteiger partial charge >= 0.3 is 0 Å². The lowest BCUT2D eigenvalue weighted by Gasteiger charge is -2.21. The molecule has 0 bridgehead atoms. The van der Waals surface area contributed by atoms with Crippen LogP contribution >= 0.6 is 11.3 Å². The Morgan fingerprint density at radius 2 is 2.40 bits per heavy atom. The van der Waals surface area contributed by atoms with Crippen molar-refractivity contribution < 1.29 is 4.74 Å². The van der Waals surface area contributed by atoms with Gasteiger partial charge in [-0.25, -0.2) is 0 Å². The zero-order chi connectivity index (χ0) is 14.2. The second-order valence-corrected chi connectivity index (χ2v) is 6.28. The first-order chi connectivity index (χ1) is 9.79. The first-order valence-corrected chi connectivity index (χ1v) is 8.19. The maximum Gasteiger partial charge on any atom is 0.193 e. The fourth-order valence-corrected chi connectivity index (χ4v) is 2.69. The third-order valence-electron chi connectivity index (χ3n) is 3.43. The van der Waals surface area contributed by atoms with E-state index in [1.807, 2.05) is 7.05 Å². The van der Waals surface area contributed by atoms with E-state index in [2.05, 4.69) is 39.8 Å². The lowest BCUT2D eigenvalue weighted by molar-refractivity contribution is 0.115. The van der Waals surface area contributed by atoms with Crippen LogP contribution < -0.4 is 5.32 Å². The molecule has 1 N–H and O–H groups in total. The van der Waals surface area contributed by atoms with Crippen LogP contribution in [0.4, 0.5) is 0 Å². The minimum absolute atomic E-state index is 0.776. The molecule has 1 heterocycles. The van der Waals surface area contributed by atoms with Gasteiger partial charge in [0.1, 0.15) is 0 Å². The summed E-state index contributed by atoms with van der Waals surface area (Å²) in [4.78, 5) is 7.84. The van der Waals surface area contributed by atoms with Gasteiger partial charge in [0.25, 0.3) is 0 Å². The van der Waals surface area contributed by atoms with E-state index in [9.17, 15) is 0 Å². The minimum Gasteiger partial charge on any atom is -0.379 e. The Labute approximate surface area is 125 Å². The third-order valence-corrected chi connectivity index (χ3v) is 4.37. The van der Waals surface area contributed by atoms with Gasteiger partial charge < -0.3 is 15.0 Å². The molecule has 0 amide bonds. The molecular weight excluding hydrogens is 270 g/mol. The highest BCUT2D eigenvalue weighted by molar-refractivity contribution is 7.09. The first-order valence-electron chi connectivity index (χ1n) is 7.31. The van der Waals surface area contributed by atoms with Gasteiger partial charge in [-0.2, -0.15) is 0 Å². The molecule has 0 atom stereocenters. The van der Waals surface area contributed by atoms with Crippen molar-refractivity contribution in [2.75, 3.05) is 40.4 Å². The molecule has 112 valence electrons. The van der Waals surface area contributed by atoms with Gasteiger partial charge in [-0.1, -0.05) is 6.07 Å². The van der Waals surface area contributed by atoms with Crippen molar-refractivity contribution in [1.82, 2.24) is 10.2 Å². The Morgan fingerprint density at radius 3 is 3.05 bits per heavy atom. The van der Waals surface area contributed by atoms with Crippen molar-refractivity contribution in [1.29, 1.82) is 0 Å². The molecule has 1 fully saturated rings. The van der Waals surface area contributed by atoms with Gasteiger partial charge in [-0.15, -0.1) is 11.3 Å². The van der Waals surface area contributed by atoms with E-state index in [1.165, 1.54) is 17.7 Å². The number of hydrogen-bond donors (Lipinski definition) is 1. The van der Waals surface area contributed by atoms with Crippen LogP contribution in [0.25, 0.3) is 0 Å². The van der Waals surface area contributed by atoms with Gasteiger partial charge in [0, 0.05) is 38.7 Å². The van der Waals surface area contributed by atoms with Crippen LogP contribution in [0.2, 0.25) is 0 Å². The lowest BCUT2D eigenvalue weighted by atomic mass is 10.3. The summed E-state index contributed by atoms with van der Waals surface area (Å²) in [6.45, 7) is 3.50. The summed E-state index contributed by atoms with van der Waals surface area (Å²) in [5.74, 6) is 1.78. The van der Waals surface area contributed by atoms with E-state index in [-0.39, 0.29) is 0 Å². The van der Waals surface area contributed by atoms with Gasteiger partial charge in [-0.05, 0) is 36.6 Å². The van der Waals surface area contributed by atoms with Crippen LogP contribution in [0.15, 0.2) is 22.5 Å². The Bertz CT molecular complexity index is 401. The van der Waals surface area contributed by atoms with Crippen molar-refractivity contribution in [2.45, 2.75) is 19.3 Å². The summed E-state index contributed by atoms with van der Waals surface area (Å²) in [6.07, 6.45) is 3.74. The van der Waals surface area contributed by atoms with Crippen molar-refractivity contribution in [3.05, 3.63) is 22.4 Å². The fourth-order valence-electron chi connectivity index (χ4n) is 1.98. The summed E-state index contributed by atoms with van der Waals surface area (Å²) >= 11 is 1.80. The molecule has 1 aromatic rings. The highest BCUT2D eigenvalue weighted by Gasteiger charge is 2.21. The number of likely N-dealkylation sites (N-methyl/N-ethyl adjacent to an activating group) is 1. The zero-order valence-electron chi connectivity index (χ0n) is 12.5. The van der Waals surface area contributed by atoms with Crippen LogP contribution in [-0.2, 0) is 11.2 Å². The molecule has 1 aromatic heterocycles. The Hall–Kier alpha value is -1.07. The molecule has 0 saturated heterocycles. The summed E-state index contributed by atoms with van der Waals surface area (Å²) in [7, 11) is 3.88. The van der Waals surface area contributed by atoms with Crippen LogP contribution in [0.1, 0.15) is 17.7 Å². The largest absolute Gasteiger partial charge is 0.379 e. The quantitative estimate of drug-likeness (QED) is 0.454. The molecule has 0 unspecified atom stereocenters. The maximum absolute atomic E-state index is 5.66. The normalized spacial score (nSPS) is 15.4. The minimum atomic E-state index is 0.776. The van der Waals surface area contributed by atoms with E-state index in [1.54, 1.807) is 11.3 Å². The Kier molecular flexibility index (Phi) is 6.33. The average molecular weight is 295 g/mol. The predicted octanol–water partition coefficient (Wildman–Crippen LogP) is 2.22. The predicted molar refractivity (Wildman–Crippen MR) is 85.6 cm³/mol. The molecule has 1 aliphatic carbocycles. The van der Waals surface area contributed by atoms with E-state index >= 15 is 0 Å². The van der Waals surface area contributed by atoms with E-state index in [4.69, 9.17) is 4.74 Å². The van der Waals surface area contributed by atoms with Crippen LogP contribution in [-0.4, -0.2) is 51.3 Å². The molecule has 1 saturated carbocycles. The highest BCUT2D eigenvalue weighted by atomic mass is 32.1. The summed E-state index contributed by atoms with van der Waals surface area (Å²) < 4.78 is 5.66. The van der Waals surface area contributed by atoms with Crippen LogP contribution in [0.3, 0.4) is 0 Å². The molecule has 0 radical (unpaired) electrons. The molecule has 4 nitrogen and oxygen atoms in total. The smallest absolute Gasteiger partial charge is 0.193 e. The molecule has 0 aliphatic heterocycles. The van der Waals surface area contributed by atoms with Crippen LogP contribution in [0, 0.1) is 5.92 Å². The zero-order valence-corrected chi connectivity index (χ0v) is 13.3. The second kappa shape index (κ2) is 8.27. The molecule has 1 aliphatic rings. The number of hydrogen-bond acceptors (Lipinski definition) is 3. The second-order valence-electron chi connectivity index (χ2n) is 5.24. The SMILES string of the molecule is CN=C(NCCc1cccs1)N(C)CCOCC1CC1. The van der Waals surface area contributed by atoms with Gasteiger partial charge in [-0.3, -0.25) is 4.99 Å². The number of thiophene rings is 1. The Balaban J connectivity index is 1.59. The van der Waals surface area contributed by atoms with Gasteiger partial charge in [0.05, 0.1) is 6.61 Å². The monoisotopic (exact) mass is 295 g/mol. The van der Waals surface area contributed by atoms with Gasteiger partial charge in [0.2, 0.25) is 0 Å². The van der Waals surface area contributed by atoms with E-state index in [0.29, 0.717) is 0 Å². The number of nitrogens with zero attached hydrogens (tertiary/aromatic N) is 2. The van der Waals surface area contributed by atoms with Gasteiger partial charge in [0.15, 0.2) is 5.96 Å². The van der Waals surface area contributed by atoms with Crippen LogP contribution in [0.5, 0.6) is 0 Å². The van der Waals surface area contributed by atoms with Crippen molar-refractivity contribution in [3.8, 4) is 0 Å². The number of nitrogens with one attached hydrogen (secondary N) is 1. The van der Waals surface area contributed by atoms with Crippen molar-refractivity contribution in [3.63, 3.8) is 0 Å². The maximum atomic E-state index is 5.66. The number of ether oxygens (including phenoxy) is 1. The van der Waals surface area contributed by atoms with Crippen molar-refractivity contribution >= 4 is 17.3 Å². The summed E-state index contributed by atoms with van der Waals surface area (Å²) in [6, 6.07) is 4.27. The highest BCUT2D eigenvalue weighted by Crippen LogP contribution is 2.28. The molecule has 20 heavy (non-hydrogen) atoms. The third kappa shape index (κ3) is 5.51. The molecule has 2 rings (SSSR count). The number of guanidine groups is 1. The number of rotatable bonds is 8. The summed E-state index contributed by atoms with van der Waals surface area (Å²) in [5, 5.41) is 5.52. The standard InChI is InChI=1S/C15H25N3OS/c1-16-15(17-8-7-14-4-3-11-20-14)18(2)9-10-19-12-13-5-6-13/h3-4,11,13H,5-10,12H2,1-2H3,(H,16,17). The summed E-state index contributed by atoms with van der Waals surface area (Å²) in [5.41, 5.74) is 0. The van der Waals surface area contributed by atoms with Crippen molar-refractivity contribution in [2.24, 2.45) is 10.9 Å². The molecule has 0 spiro atoms. The number of aliphatic imine (C=N–C) groups is 1. The molecule has 0 aromatic carbocycles. The average Bonchev–Trinajstić information content (AvgIpc) is 3.14. The lowest BCUT2D eigenvalue weighted by Crippen LogP contribution is -2.41. The first kappa shape index (κ1) is 15.3. The van der Waals surface area contributed by atoms with E-state index < -0.39 is 0 Å². The van der Waals surface area contributed by atoms with E-state index in [0.717, 1.165) is 44.6 Å². The Morgan fingerprint density at radius 1 is 1.55 bits per heavy atom. The topological polar surface area (TPSA) is 36.9 Å². The fraction of sp³-hybridized carbons (Fsp3) is 0.667. The molecule has 5 heteroatoms. The molecular formula is C15H25N3OS.